The molecule has 2 fully saturated rings. The molecule has 2 bridgehead atoms. The first-order valence-corrected chi connectivity index (χ1v) is 15.7. The van der Waals surface area contributed by atoms with E-state index in [1.807, 2.05) is 0 Å². The number of phenolic OH excluding ortho intramolecular Hbond substituents is 2. The second-order valence-corrected chi connectivity index (χ2v) is 12.8. The number of aromatic hydroxyl groups is 2. The molecule has 4 N–H and O–H groups in total. The maximum absolute atomic E-state index is 13.9. The summed E-state index contributed by atoms with van der Waals surface area (Å²) in [4.78, 5) is 38.8. The van der Waals surface area contributed by atoms with Gasteiger partial charge in [-0.05, 0) is 79.3 Å². The fourth-order valence-corrected chi connectivity index (χ4v) is 7.72. The molecule has 2 aliphatic heterocycles. The third-order valence-electron chi connectivity index (χ3n) is 10.0. The van der Waals surface area contributed by atoms with Crippen molar-refractivity contribution >= 4 is 17.7 Å². The number of hydrogen-bond acceptors (Lipinski definition) is 9. The molecule has 2 aromatic rings. The Morgan fingerprint density at radius 3 is 2.56 bits per heavy atom. The van der Waals surface area contributed by atoms with E-state index in [0.717, 1.165) is 6.42 Å². The van der Waals surface area contributed by atoms with Crippen LogP contribution in [0, 0.1) is 23.7 Å². The topological polar surface area (TPSA) is 151 Å². The summed E-state index contributed by atoms with van der Waals surface area (Å²) >= 11 is 0. The second kappa shape index (κ2) is 12.3. The number of benzene rings is 2. The van der Waals surface area contributed by atoms with Crippen molar-refractivity contribution in [3.05, 3.63) is 64.2 Å². The Morgan fingerprint density at radius 2 is 1.78 bits per heavy atom. The van der Waals surface area contributed by atoms with Crippen molar-refractivity contribution in [1.82, 2.24) is 0 Å². The number of ketones is 1. The molecule has 6 rings (SSSR count). The zero-order valence-corrected chi connectivity index (χ0v) is 25.3. The molecule has 0 saturated heterocycles. The minimum absolute atomic E-state index is 0.0133. The fraction of sp³-hybridized carbons (Fsp3) is 0.472. The molecule has 0 spiro atoms. The second-order valence-electron chi connectivity index (χ2n) is 12.8. The molecule has 45 heavy (non-hydrogen) atoms. The van der Waals surface area contributed by atoms with Crippen LogP contribution in [0.2, 0.25) is 0 Å². The van der Waals surface area contributed by atoms with Gasteiger partial charge in [-0.3, -0.25) is 9.59 Å². The molecule has 9 heteroatoms. The summed E-state index contributed by atoms with van der Waals surface area (Å²) in [6.45, 7) is 1.41. The molecule has 0 radical (unpaired) electrons. The van der Waals surface area contributed by atoms with Gasteiger partial charge in [0.15, 0.2) is 0 Å². The van der Waals surface area contributed by atoms with E-state index in [9.17, 15) is 34.8 Å². The van der Waals surface area contributed by atoms with E-state index in [1.165, 1.54) is 18.2 Å². The first-order chi connectivity index (χ1) is 21.6. The van der Waals surface area contributed by atoms with Crippen molar-refractivity contribution in [3.63, 3.8) is 0 Å². The number of fused-ring (bicyclic) bond motifs is 2. The van der Waals surface area contributed by atoms with Crippen LogP contribution in [-0.4, -0.2) is 49.9 Å². The van der Waals surface area contributed by atoms with Crippen LogP contribution in [0.15, 0.2) is 42.0 Å². The highest BCUT2D eigenvalue weighted by atomic mass is 16.6. The number of rotatable bonds is 3. The number of phenols is 2. The predicted octanol–water partition coefficient (Wildman–Crippen LogP) is 4.47. The minimum Gasteiger partial charge on any atom is -0.508 e. The third kappa shape index (κ3) is 6.09. The number of esters is 2. The van der Waals surface area contributed by atoms with Gasteiger partial charge in [0, 0.05) is 42.4 Å². The van der Waals surface area contributed by atoms with Crippen LogP contribution < -0.4 is 4.74 Å². The van der Waals surface area contributed by atoms with Gasteiger partial charge in [-0.15, -0.1) is 0 Å². The molecule has 0 aromatic heterocycles. The quantitative estimate of drug-likeness (QED) is 0.170. The lowest BCUT2D eigenvalue weighted by Gasteiger charge is -2.50. The average molecular weight is 615 g/mol. The normalized spacial score (nSPS) is 30.9. The number of carbonyl (C=O) groups excluding carboxylic acids is 3. The Balaban J connectivity index is 1.48. The summed E-state index contributed by atoms with van der Waals surface area (Å²) in [5.41, 5.74) is 0.970. The number of hydrogen-bond donors (Lipinski definition) is 4. The molecular weight excluding hydrogens is 576 g/mol. The predicted molar refractivity (Wildman–Crippen MR) is 162 cm³/mol. The van der Waals surface area contributed by atoms with E-state index in [1.54, 1.807) is 25.1 Å². The van der Waals surface area contributed by atoms with Crippen LogP contribution in [0.1, 0.15) is 92.4 Å². The van der Waals surface area contributed by atoms with Gasteiger partial charge in [0.1, 0.15) is 34.7 Å². The monoisotopic (exact) mass is 614 g/mol. The molecule has 2 saturated carbocycles. The summed E-state index contributed by atoms with van der Waals surface area (Å²) in [6, 6.07) is 7.79. The molecule has 2 aliphatic carbocycles. The minimum atomic E-state index is -1.43. The summed E-state index contributed by atoms with van der Waals surface area (Å²) in [7, 11) is 0. The van der Waals surface area contributed by atoms with E-state index in [0.29, 0.717) is 59.9 Å². The van der Waals surface area contributed by atoms with E-state index in [-0.39, 0.29) is 60.7 Å². The molecule has 2 aromatic carbocycles. The van der Waals surface area contributed by atoms with Gasteiger partial charge >= 0.3 is 11.9 Å². The van der Waals surface area contributed by atoms with Crippen LogP contribution in [0.5, 0.6) is 17.2 Å². The van der Waals surface area contributed by atoms with E-state index in [2.05, 4.69) is 11.8 Å². The first kappa shape index (κ1) is 30.9. The van der Waals surface area contributed by atoms with Crippen LogP contribution >= 0.6 is 0 Å². The summed E-state index contributed by atoms with van der Waals surface area (Å²) in [5, 5.41) is 43.7. The Kier molecular flexibility index (Phi) is 8.47. The number of allylic oxidation sites excluding steroid dienone is 1. The molecule has 6 atom stereocenters. The zero-order valence-electron chi connectivity index (χ0n) is 25.3. The Morgan fingerprint density at radius 1 is 0.978 bits per heavy atom. The lowest BCUT2D eigenvalue weighted by Crippen LogP contribution is -2.57. The number of aliphatic hydroxyl groups is 2. The molecule has 236 valence electrons. The Bertz CT molecular complexity index is 1630. The lowest BCUT2D eigenvalue weighted by molar-refractivity contribution is -0.187. The summed E-state index contributed by atoms with van der Waals surface area (Å²) in [6.07, 6.45) is 3.84. The Labute approximate surface area is 261 Å². The maximum atomic E-state index is 13.9. The van der Waals surface area contributed by atoms with Gasteiger partial charge < -0.3 is 29.9 Å². The summed E-state index contributed by atoms with van der Waals surface area (Å²) in [5.74, 6) is 4.02. The van der Waals surface area contributed by atoms with Crippen molar-refractivity contribution in [2.75, 3.05) is 0 Å². The molecule has 0 amide bonds. The Hall–Kier alpha value is -4.13. The van der Waals surface area contributed by atoms with Crippen LogP contribution in [0.3, 0.4) is 0 Å². The highest BCUT2D eigenvalue weighted by molar-refractivity contribution is 5.89. The standard InChI is InChI=1S/C36H38O9/c1-2-21-12-22(25-10-20(19-37)11-28(39)14-25)5-6-23-17-34(41)44-32-18-31(40)26(15-29(23)32)16-33(45-35(21)42)36(43)9-3-4-24-13-27(38)7-8-30(24)36/h2,10-11,14-15,18,22-24,30,33,37,39-40,43H,3-4,7-9,12-13,16-17,19H2,1H3/b21-2-/t22-,23-,24-,30+,33+,36-/m0/s1. The van der Waals surface area contributed by atoms with Crippen molar-refractivity contribution in [2.24, 2.45) is 11.8 Å². The molecule has 9 nitrogen and oxygen atoms in total. The third-order valence-corrected chi connectivity index (χ3v) is 10.0. The van der Waals surface area contributed by atoms with Gasteiger partial charge in [0.05, 0.1) is 18.9 Å². The molecule has 2 heterocycles. The first-order valence-electron chi connectivity index (χ1n) is 15.7. The van der Waals surface area contributed by atoms with Crippen LogP contribution in [-0.2, 0) is 32.1 Å². The van der Waals surface area contributed by atoms with Crippen molar-refractivity contribution < 1.29 is 44.3 Å². The number of aliphatic hydroxyl groups excluding tert-OH is 1. The fourth-order valence-electron chi connectivity index (χ4n) is 7.72. The van der Waals surface area contributed by atoms with Crippen molar-refractivity contribution in [2.45, 2.75) is 94.9 Å². The highest BCUT2D eigenvalue weighted by Gasteiger charge is 2.52. The molecular formula is C36H38O9. The van der Waals surface area contributed by atoms with E-state index >= 15 is 0 Å². The van der Waals surface area contributed by atoms with Crippen LogP contribution in [0.4, 0.5) is 0 Å². The number of ether oxygens (including phenoxy) is 2. The van der Waals surface area contributed by atoms with Crippen LogP contribution in [0.25, 0.3) is 0 Å². The van der Waals surface area contributed by atoms with Gasteiger partial charge in [-0.2, -0.15) is 0 Å². The largest absolute Gasteiger partial charge is 0.508 e. The van der Waals surface area contributed by atoms with Gasteiger partial charge in [-0.25, -0.2) is 4.79 Å². The smallest absolute Gasteiger partial charge is 0.334 e. The van der Waals surface area contributed by atoms with E-state index < -0.39 is 35.5 Å². The highest BCUT2D eigenvalue weighted by Crippen LogP contribution is 2.49. The number of carbonyl (C=O) groups is 3. The average Bonchev–Trinajstić information content (AvgIpc) is 3.01. The SMILES string of the molecule is C/C=C1/C[C@@H](c2cc(O)cc(CO)c2)C#C[C@H]2CC(=O)Oc3cc(O)c(cc32)C[C@H]([C@]2(O)CCC[C@H]3CC(=O)CC[C@H]32)OC1=O. The van der Waals surface area contributed by atoms with Crippen molar-refractivity contribution in [3.8, 4) is 29.1 Å². The van der Waals surface area contributed by atoms with Gasteiger partial charge in [-0.1, -0.05) is 30.4 Å². The molecule has 4 aliphatic rings. The van der Waals surface area contributed by atoms with Gasteiger partial charge in [0.2, 0.25) is 0 Å². The van der Waals surface area contributed by atoms with Gasteiger partial charge in [0.25, 0.3) is 0 Å². The lowest BCUT2D eigenvalue weighted by atomic mass is 9.60. The molecule has 0 unspecified atom stereocenters. The van der Waals surface area contributed by atoms with Crippen molar-refractivity contribution in [1.29, 1.82) is 0 Å². The zero-order chi connectivity index (χ0) is 31.9. The van der Waals surface area contributed by atoms with E-state index in [4.69, 9.17) is 9.47 Å². The number of cyclic esters (lactones) is 1. The number of Topliss-reactive ketones (excluding diaryl/α,β-unsaturated/α-hetero) is 1. The summed E-state index contributed by atoms with van der Waals surface area (Å²) < 4.78 is 11.7. The maximum Gasteiger partial charge on any atom is 0.334 e.